The Morgan fingerprint density at radius 2 is 2.22 bits per heavy atom. The number of hydrogen-bond donors (Lipinski definition) is 2. The Morgan fingerprint density at radius 1 is 1.39 bits per heavy atom. The first-order chi connectivity index (χ1) is 11.3. The van der Waals surface area contributed by atoms with Crippen LogP contribution in [0.1, 0.15) is 34.0 Å². The van der Waals surface area contributed by atoms with Gasteiger partial charge in [0.1, 0.15) is 11.8 Å². The summed E-state index contributed by atoms with van der Waals surface area (Å²) in [6, 6.07) is 14.2. The summed E-state index contributed by atoms with van der Waals surface area (Å²) in [5.74, 6) is 0.429. The lowest BCUT2D eigenvalue weighted by Crippen LogP contribution is -2.33. The number of nitrogens with zero attached hydrogens (tertiary/aromatic N) is 2. The topological polar surface area (TPSA) is 71.9 Å². The highest BCUT2D eigenvalue weighted by molar-refractivity contribution is 5.92. The van der Waals surface area contributed by atoms with Gasteiger partial charge in [-0.2, -0.15) is 5.26 Å². The molecule has 0 aliphatic carbocycles. The Kier molecular flexibility index (Phi) is 4.74. The summed E-state index contributed by atoms with van der Waals surface area (Å²) in [6.45, 7) is 3.57. The number of amides is 1. The molecule has 1 aromatic carbocycles. The fraction of sp³-hybridized carbons (Fsp3) is 0.333. The minimum absolute atomic E-state index is 0.162. The van der Waals surface area contributed by atoms with Gasteiger partial charge in [-0.15, -0.1) is 0 Å². The summed E-state index contributed by atoms with van der Waals surface area (Å²) >= 11 is 0. The smallest absolute Gasteiger partial charge is 0.267 e. The fourth-order valence-electron chi connectivity index (χ4n) is 3.05. The Balaban J connectivity index is 1.43. The minimum Gasteiger partial charge on any atom is -0.356 e. The van der Waals surface area contributed by atoms with E-state index in [4.69, 9.17) is 5.26 Å². The summed E-state index contributed by atoms with van der Waals surface area (Å²) < 4.78 is 0. The number of nitriles is 1. The van der Waals surface area contributed by atoms with Crippen LogP contribution in [0.3, 0.4) is 0 Å². The number of aromatic amines is 1. The fourth-order valence-corrected chi connectivity index (χ4v) is 3.05. The zero-order valence-corrected chi connectivity index (χ0v) is 13.0. The van der Waals surface area contributed by atoms with Crippen molar-refractivity contribution in [3.63, 3.8) is 0 Å². The van der Waals surface area contributed by atoms with Crippen molar-refractivity contribution in [2.75, 3.05) is 26.2 Å². The number of carbonyl (C=O) groups excluding carboxylic acids is 1. The first-order valence-electron chi connectivity index (χ1n) is 7.90. The predicted molar refractivity (Wildman–Crippen MR) is 88.1 cm³/mol. The van der Waals surface area contributed by atoms with Crippen molar-refractivity contribution >= 4 is 5.91 Å². The highest BCUT2D eigenvalue weighted by Gasteiger charge is 2.23. The molecule has 1 aliphatic heterocycles. The van der Waals surface area contributed by atoms with Crippen molar-refractivity contribution in [2.24, 2.45) is 0 Å². The second-order valence-electron chi connectivity index (χ2n) is 5.87. The Labute approximate surface area is 135 Å². The van der Waals surface area contributed by atoms with Crippen LogP contribution in [0, 0.1) is 11.3 Å². The van der Waals surface area contributed by atoms with Gasteiger partial charge in [0, 0.05) is 25.8 Å². The maximum atomic E-state index is 12.0. The number of H-pyrrole nitrogens is 1. The summed E-state index contributed by atoms with van der Waals surface area (Å²) in [4.78, 5) is 17.2. The van der Waals surface area contributed by atoms with E-state index >= 15 is 0 Å². The van der Waals surface area contributed by atoms with E-state index < -0.39 is 0 Å². The van der Waals surface area contributed by atoms with Gasteiger partial charge in [0.05, 0.1) is 5.56 Å². The molecule has 2 aromatic rings. The monoisotopic (exact) mass is 308 g/mol. The minimum atomic E-state index is -0.162. The molecule has 5 nitrogen and oxygen atoms in total. The first kappa shape index (κ1) is 15.3. The van der Waals surface area contributed by atoms with Crippen molar-refractivity contribution in [3.05, 3.63) is 59.4 Å². The van der Waals surface area contributed by atoms with Gasteiger partial charge in [-0.1, -0.05) is 30.3 Å². The Morgan fingerprint density at radius 3 is 2.96 bits per heavy atom. The van der Waals surface area contributed by atoms with Crippen LogP contribution in [-0.4, -0.2) is 42.0 Å². The van der Waals surface area contributed by atoms with Crippen molar-refractivity contribution in [3.8, 4) is 6.07 Å². The molecule has 1 amide bonds. The maximum Gasteiger partial charge on any atom is 0.267 e. The largest absolute Gasteiger partial charge is 0.356 e. The van der Waals surface area contributed by atoms with Gasteiger partial charge < -0.3 is 15.2 Å². The lowest BCUT2D eigenvalue weighted by molar-refractivity contribution is 0.0945. The van der Waals surface area contributed by atoms with E-state index in [-0.39, 0.29) is 5.91 Å². The molecule has 0 bridgehead atoms. The third-order valence-corrected chi connectivity index (χ3v) is 4.31. The molecular formula is C18H20N4O. The molecule has 0 radical (unpaired) electrons. The molecule has 0 saturated carbocycles. The third kappa shape index (κ3) is 3.79. The molecular weight excluding hydrogens is 288 g/mol. The summed E-state index contributed by atoms with van der Waals surface area (Å²) in [6.07, 6.45) is 2.71. The van der Waals surface area contributed by atoms with E-state index in [1.807, 2.05) is 12.1 Å². The van der Waals surface area contributed by atoms with Crippen LogP contribution in [0.5, 0.6) is 0 Å². The zero-order valence-electron chi connectivity index (χ0n) is 13.0. The number of rotatable bonds is 5. The van der Waals surface area contributed by atoms with E-state index in [0.29, 0.717) is 23.7 Å². The second kappa shape index (κ2) is 7.12. The molecule has 2 N–H and O–H groups in total. The number of carbonyl (C=O) groups is 1. The van der Waals surface area contributed by atoms with Crippen LogP contribution < -0.4 is 5.32 Å². The Hall–Kier alpha value is -2.58. The molecule has 5 heteroatoms. The van der Waals surface area contributed by atoms with Crippen LogP contribution in [-0.2, 0) is 0 Å². The third-order valence-electron chi connectivity index (χ3n) is 4.31. The van der Waals surface area contributed by atoms with Crippen molar-refractivity contribution < 1.29 is 4.79 Å². The Bertz CT molecular complexity index is 701. The van der Waals surface area contributed by atoms with Gasteiger partial charge >= 0.3 is 0 Å². The van der Waals surface area contributed by atoms with Crippen molar-refractivity contribution in [2.45, 2.75) is 12.3 Å². The van der Waals surface area contributed by atoms with E-state index in [2.05, 4.69) is 39.5 Å². The van der Waals surface area contributed by atoms with Crippen LogP contribution in [0.2, 0.25) is 0 Å². The normalized spacial score (nSPS) is 17.8. The number of hydrogen-bond acceptors (Lipinski definition) is 3. The summed E-state index contributed by atoms with van der Waals surface area (Å²) in [5, 5.41) is 11.7. The van der Waals surface area contributed by atoms with Crippen LogP contribution in [0.4, 0.5) is 0 Å². The molecule has 1 aromatic heterocycles. The molecule has 0 unspecified atom stereocenters. The van der Waals surface area contributed by atoms with E-state index in [1.54, 1.807) is 12.3 Å². The molecule has 23 heavy (non-hydrogen) atoms. The molecule has 2 heterocycles. The van der Waals surface area contributed by atoms with Crippen LogP contribution in [0.25, 0.3) is 0 Å². The molecule has 1 aliphatic rings. The van der Waals surface area contributed by atoms with E-state index in [0.717, 1.165) is 19.6 Å². The standard InChI is InChI=1S/C18H20N4O/c19-11-14-10-17(21-12-14)18(23)20-7-9-22-8-6-16(13-22)15-4-2-1-3-5-15/h1-5,10,12,16,21H,6-9,13H2,(H,20,23)/t16-/m1/s1. The van der Waals surface area contributed by atoms with E-state index in [1.165, 1.54) is 12.0 Å². The average molecular weight is 308 g/mol. The SMILES string of the molecule is N#Cc1c[nH]c(C(=O)NCCN2CC[C@@H](c3ccccc3)C2)c1. The van der Waals surface area contributed by atoms with Crippen LogP contribution in [0.15, 0.2) is 42.6 Å². The van der Waals surface area contributed by atoms with Gasteiger partial charge in [0.2, 0.25) is 0 Å². The summed E-state index contributed by atoms with van der Waals surface area (Å²) in [5.41, 5.74) is 2.31. The van der Waals surface area contributed by atoms with Crippen molar-refractivity contribution in [1.82, 2.24) is 15.2 Å². The number of aromatic nitrogens is 1. The first-order valence-corrected chi connectivity index (χ1v) is 7.90. The van der Waals surface area contributed by atoms with Crippen molar-refractivity contribution in [1.29, 1.82) is 5.26 Å². The predicted octanol–water partition coefficient (Wildman–Crippen LogP) is 2.11. The highest BCUT2D eigenvalue weighted by atomic mass is 16.1. The van der Waals surface area contributed by atoms with Crippen LogP contribution >= 0.6 is 0 Å². The lowest BCUT2D eigenvalue weighted by atomic mass is 9.99. The van der Waals surface area contributed by atoms with Gasteiger partial charge in [-0.05, 0) is 30.5 Å². The van der Waals surface area contributed by atoms with E-state index in [9.17, 15) is 4.79 Å². The molecule has 3 rings (SSSR count). The van der Waals surface area contributed by atoms with Gasteiger partial charge in [-0.25, -0.2) is 0 Å². The number of benzene rings is 1. The van der Waals surface area contributed by atoms with Gasteiger partial charge in [-0.3, -0.25) is 4.79 Å². The molecule has 0 spiro atoms. The quantitative estimate of drug-likeness (QED) is 0.888. The molecule has 118 valence electrons. The second-order valence-corrected chi connectivity index (χ2v) is 5.87. The summed E-state index contributed by atoms with van der Waals surface area (Å²) in [7, 11) is 0. The maximum absolute atomic E-state index is 12.0. The highest BCUT2D eigenvalue weighted by Crippen LogP contribution is 2.26. The number of nitrogens with one attached hydrogen (secondary N) is 2. The molecule has 1 saturated heterocycles. The molecule has 1 fully saturated rings. The molecule has 1 atom stereocenters. The zero-order chi connectivity index (χ0) is 16.1. The number of likely N-dealkylation sites (tertiary alicyclic amines) is 1. The lowest BCUT2D eigenvalue weighted by Gasteiger charge is -2.16. The van der Waals surface area contributed by atoms with Gasteiger partial charge in [0.25, 0.3) is 5.91 Å². The van der Waals surface area contributed by atoms with Gasteiger partial charge in [0.15, 0.2) is 0 Å². The average Bonchev–Trinajstić information content (AvgIpc) is 3.25.